The summed E-state index contributed by atoms with van der Waals surface area (Å²) in [6.07, 6.45) is 6.26. The normalized spacial score (nSPS) is 17.7. The molecule has 0 spiro atoms. The van der Waals surface area contributed by atoms with Crippen molar-refractivity contribution in [3.63, 3.8) is 0 Å². The largest absolute Gasteiger partial charge is 0.481 e. The van der Waals surface area contributed by atoms with Gasteiger partial charge >= 0.3 is 5.97 Å². The molecule has 202 valence electrons. The van der Waals surface area contributed by atoms with Crippen molar-refractivity contribution in [2.24, 2.45) is 5.92 Å². The number of carboxylic acids is 1. The molecule has 0 amide bonds. The Morgan fingerprint density at radius 1 is 1.13 bits per heavy atom. The first-order valence-corrected chi connectivity index (χ1v) is 13.0. The van der Waals surface area contributed by atoms with E-state index in [1.165, 1.54) is 16.4 Å². The average molecular weight is 529 g/mol. The highest BCUT2D eigenvalue weighted by atomic mass is 16.4. The van der Waals surface area contributed by atoms with Gasteiger partial charge < -0.3 is 15.5 Å². The van der Waals surface area contributed by atoms with E-state index in [1.807, 2.05) is 12.1 Å². The molecule has 0 atom stereocenters. The van der Waals surface area contributed by atoms with Gasteiger partial charge in [-0.3, -0.25) is 9.59 Å². The van der Waals surface area contributed by atoms with Crippen LogP contribution in [-0.4, -0.2) is 40.5 Å². The summed E-state index contributed by atoms with van der Waals surface area (Å²) in [5.74, 6) is 0.181. The van der Waals surface area contributed by atoms with Gasteiger partial charge in [0.15, 0.2) is 11.5 Å². The number of aromatic nitrogens is 5. The van der Waals surface area contributed by atoms with E-state index in [4.69, 9.17) is 0 Å². The molecule has 5 rings (SSSR count). The van der Waals surface area contributed by atoms with Gasteiger partial charge in [-0.05, 0) is 75.3 Å². The quantitative estimate of drug-likeness (QED) is 0.285. The van der Waals surface area contributed by atoms with E-state index >= 15 is 0 Å². The number of nitrogens with one attached hydrogen (secondary N) is 1. The van der Waals surface area contributed by atoms with E-state index in [2.05, 4.69) is 39.0 Å². The van der Waals surface area contributed by atoms with Crippen LogP contribution >= 0.6 is 0 Å². The lowest BCUT2D eigenvalue weighted by Gasteiger charge is -2.26. The minimum Gasteiger partial charge on any atom is -0.481 e. The van der Waals surface area contributed by atoms with Crippen LogP contribution in [-0.2, 0) is 16.9 Å². The number of anilines is 2. The first-order valence-electron chi connectivity index (χ1n) is 13.0. The molecule has 0 saturated heterocycles. The standard InChI is InChI=1S/C29H32N6O4/c1-4-16-34-26(36)22-17-30-28(33-25(22)35(34)24-7-5-6-23(32-24)29(2,3)39)31-21-14-12-19(13-15-21)18-8-10-20(11-9-18)27(37)38/h4-7,12-15,17-18,20,39H,1,8-11,16H2,2-3H3,(H,37,38)(H,30,31,33). The van der Waals surface area contributed by atoms with Crippen LogP contribution in [0.2, 0.25) is 0 Å². The van der Waals surface area contributed by atoms with Gasteiger partial charge in [-0.1, -0.05) is 24.3 Å². The summed E-state index contributed by atoms with van der Waals surface area (Å²) in [5.41, 5.74) is 1.39. The Hall–Kier alpha value is -4.31. The van der Waals surface area contributed by atoms with Gasteiger partial charge in [-0.25, -0.2) is 19.3 Å². The van der Waals surface area contributed by atoms with E-state index in [0.717, 1.165) is 18.5 Å². The van der Waals surface area contributed by atoms with Crippen molar-refractivity contribution in [3.05, 3.63) is 82.9 Å². The van der Waals surface area contributed by atoms with Gasteiger partial charge in [-0.15, -0.1) is 6.58 Å². The van der Waals surface area contributed by atoms with Gasteiger partial charge in [0.05, 0.1) is 18.2 Å². The Morgan fingerprint density at radius 3 is 2.49 bits per heavy atom. The van der Waals surface area contributed by atoms with Gasteiger partial charge in [0, 0.05) is 11.9 Å². The number of hydrogen-bond acceptors (Lipinski definition) is 7. The van der Waals surface area contributed by atoms with E-state index in [-0.39, 0.29) is 18.0 Å². The van der Waals surface area contributed by atoms with Gasteiger partial charge in [0.1, 0.15) is 11.0 Å². The second-order valence-electron chi connectivity index (χ2n) is 10.5. The molecule has 1 saturated carbocycles. The number of pyridine rings is 1. The number of fused-ring (bicyclic) bond motifs is 1. The monoisotopic (exact) mass is 528 g/mol. The van der Waals surface area contributed by atoms with Crippen LogP contribution in [0.15, 0.2) is 66.1 Å². The fourth-order valence-corrected chi connectivity index (χ4v) is 5.13. The van der Waals surface area contributed by atoms with Crippen LogP contribution in [0, 0.1) is 5.92 Å². The molecule has 10 nitrogen and oxygen atoms in total. The zero-order chi connectivity index (χ0) is 27.7. The highest BCUT2D eigenvalue weighted by Crippen LogP contribution is 2.36. The lowest BCUT2D eigenvalue weighted by Crippen LogP contribution is -2.23. The van der Waals surface area contributed by atoms with E-state index in [1.54, 1.807) is 42.8 Å². The van der Waals surface area contributed by atoms with Gasteiger partial charge in [-0.2, -0.15) is 4.98 Å². The Balaban J connectivity index is 1.45. The zero-order valence-corrected chi connectivity index (χ0v) is 22.0. The summed E-state index contributed by atoms with van der Waals surface area (Å²) < 4.78 is 3.11. The second kappa shape index (κ2) is 10.5. The van der Waals surface area contributed by atoms with Crippen molar-refractivity contribution in [2.75, 3.05) is 5.32 Å². The summed E-state index contributed by atoms with van der Waals surface area (Å²) in [5, 5.41) is 23.3. The maximum Gasteiger partial charge on any atom is 0.306 e. The van der Waals surface area contributed by atoms with Crippen molar-refractivity contribution < 1.29 is 15.0 Å². The van der Waals surface area contributed by atoms with Gasteiger partial charge in [0.25, 0.3) is 5.56 Å². The predicted octanol–water partition coefficient (Wildman–Crippen LogP) is 4.49. The minimum absolute atomic E-state index is 0.235. The van der Waals surface area contributed by atoms with Crippen LogP contribution in [0.1, 0.15) is 56.7 Å². The molecular weight excluding hydrogens is 496 g/mol. The summed E-state index contributed by atoms with van der Waals surface area (Å²) >= 11 is 0. The molecule has 3 aromatic heterocycles. The SMILES string of the molecule is C=CCn1c(=O)c2cnc(Nc3ccc(C4CCC(C(=O)O)CC4)cc3)nc2n1-c1cccc(C(C)(C)O)n1. The predicted molar refractivity (Wildman–Crippen MR) is 148 cm³/mol. The smallest absolute Gasteiger partial charge is 0.306 e. The number of aliphatic hydroxyl groups is 1. The molecule has 0 bridgehead atoms. The molecule has 0 aliphatic heterocycles. The lowest BCUT2D eigenvalue weighted by molar-refractivity contribution is -0.142. The van der Waals surface area contributed by atoms with Crippen LogP contribution < -0.4 is 10.9 Å². The molecule has 1 aliphatic carbocycles. The molecule has 4 aromatic rings. The maximum atomic E-state index is 13.2. The lowest BCUT2D eigenvalue weighted by atomic mass is 9.79. The fraction of sp³-hybridized carbons (Fsp3) is 0.345. The van der Waals surface area contributed by atoms with Crippen molar-refractivity contribution in [3.8, 4) is 5.82 Å². The molecule has 3 heterocycles. The third-order valence-electron chi connectivity index (χ3n) is 7.27. The summed E-state index contributed by atoms with van der Waals surface area (Å²) in [4.78, 5) is 38.1. The van der Waals surface area contributed by atoms with Crippen LogP contribution in [0.3, 0.4) is 0 Å². The molecule has 0 unspecified atom stereocenters. The fourth-order valence-electron chi connectivity index (χ4n) is 5.13. The Morgan fingerprint density at radius 2 is 1.85 bits per heavy atom. The Labute approximate surface area is 225 Å². The maximum absolute atomic E-state index is 13.2. The van der Waals surface area contributed by atoms with E-state index in [9.17, 15) is 19.8 Å². The Bertz CT molecular complexity index is 1570. The highest BCUT2D eigenvalue weighted by molar-refractivity contribution is 5.77. The van der Waals surface area contributed by atoms with Crippen molar-refractivity contribution in [1.29, 1.82) is 0 Å². The number of benzene rings is 1. The molecular formula is C29H32N6O4. The average Bonchev–Trinajstić information content (AvgIpc) is 3.19. The number of allylic oxidation sites excluding steroid dienone is 1. The first-order chi connectivity index (χ1) is 18.7. The second-order valence-corrected chi connectivity index (χ2v) is 10.5. The molecule has 3 N–H and O–H groups in total. The number of rotatable bonds is 8. The number of nitrogens with zero attached hydrogens (tertiary/aromatic N) is 5. The highest BCUT2D eigenvalue weighted by Gasteiger charge is 2.27. The molecule has 1 aromatic carbocycles. The van der Waals surface area contributed by atoms with Crippen molar-refractivity contribution in [1.82, 2.24) is 24.3 Å². The number of carbonyl (C=O) groups is 1. The van der Waals surface area contributed by atoms with Crippen molar-refractivity contribution >= 4 is 28.6 Å². The molecule has 10 heteroatoms. The van der Waals surface area contributed by atoms with Crippen LogP contribution in [0.5, 0.6) is 0 Å². The van der Waals surface area contributed by atoms with Gasteiger partial charge in [0.2, 0.25) is 5.95 Å². The van der Waals surface area contributed by atoms with Crippen LogP contribution in [0.4, 0.5) is 11.6 Å². The minimum atomic E-state index is -1.16. The third kappa shape index (κ3) is 5.33. The molecule has 1 aliphatic rings. The van der Waals surface area contributed by atoms with E-state index in [0.29, 0.717) is 47.3 Å². The zero-order valence-electron chi connectivity index (χ0n) is 22.0. The topological polar surface area (TPSA) is 135 Å². The molecule has 1 fully saturated rings. The van der Waals surface area contributed by atoms with Crippen LogP contribution in [0.25, 0.3) is 16.9 Å². The summed E-state index contributed by atoms with van der Waals surface area (Å²) in [6.45, 7) is 7.32. The first kappa shape index (κ1) is 26.3. The summed E-state index contributed by atoms with van der Waals surface area (Å²) in [6, 6.07) is 13.3. The number of aliphatic carboxylic acids is 1. The third-order valence-corrected chi connectivity index (χ3v) is 7.27. The Kier molecular flexibility index (Phi) is 7.05. The number of hydrogen-bond donors (Lipinski definition) is 3. The molecule has 0 radical (unpaired) electrons. The number of carboxylic acid groups (broad SMARTS) is 1. The van der Waals surface area contributed by atoms with Crippen molar-refractivity contribution in [2.45, 2.75) is 57.6 Å². The summed E-state index contributed by atoms with van der Waals surface area (Å²) in [7, 11) is 0. The molecule has 39 heavy (non-hydrogen) atoms. The van der Waals surface area contributed by atoms with E-state index < -0.39 is 11.6 Å².